The molecule has 3 aromatic rings. The van der Waals surface area contributed by atoms with E-state index in [9.17, 15) is 0 Å². The minimum absolute atomic E-state index is 0. The van der Waals surface area contributed by atoms with Crippen LogP contribution in [-0.4, -0.2) is 11.1 Å². The van der Waals surface area contributed by atoms with E-state index in [4.69, 9.17) is 0 Å². The van der Waals surface area contributed by atoms with Crippen LogP contribution in [0.1, 0.15) is 0 Å². The molecule has 0 aliphatic rings. The summed E-state index contributed by atoms with van der Waals surface area (Å²) in [7, 11) is 0. The zero-order valence-corrected chi connectivity index (χ0v) is 16.9. The Morgan fingerprint density at radius 2 is 0.913 bits per heavy atom. The van der Waals surface area contributed by atoms with Crippen LogP contribution in [0.25, 0.3) is 0 Å². The first-order chi connectivity index (χ1) is 10.9. The summed E-state index contributed by atoms with van der Waals surface area (Å²) in [6.07, 6.45) is 0. The van der Waals surface area contributed by atoms with Gasteiger partial charge in [-0.05, 0) is 22.8 Å². The van der Waals surface area contributed by atoms with E-state index < -0.39 is 6.89 Å². The van der Waals surface area contributed by atoms with Crippen LogP contribution in [0.5, 0.6) is 0 Å². The summed E-state index contributed by atoms with van der Waals surface area (Å²) in [5.41, 5.74) is 0. The molecule has 0 fully saturated rings. The van der Waals surface area contributed by atoms with Crippen molar-refractivity contribution in [3.63, 3.8) is 0 Å². The summed E-state index contributed by atoms with van der Waals surface area (Å²) in [5.74, 6) is 2.45. The van der Waals surface area contributed by atoms with Gasteiger partial charge in [0.05, 0.1) is 0 Å². The lowest BCUT2D eigenvalue weighted by Gasteiger charge is -2.28. The topological polar surface area (TPSA) is 0 Å². The van der Waals surface area contributed by atoms with Crippen molar-refractivity contribution in [1.82, 2.24) is 0 Å². The van der Waals surface area contributed by atoms with Crippen LogP contribution in [0.2, 0.25) is 0 Å². The van der Waals surface area contributed by atoms with Gasteiger partial charge in [-0.1, -0.05) is 113 Å². The van der Waals surface area contributed by atoms with Gasteiger partial charge in [0.1, 0.15) is 0 Å². The fraction of sp³-hybridized carbons (Fsp3) is 0.0500. The molecule has 118 valence electrons. The molecule has 0 spiro atoms. The number of halogens is 2. The van der Waals surface area contributed by atoms with Crippen molar-refractivity contribution in [1.29, 1.82) is 0 Å². The Balaban J connectivity index is 0.00000192. The molecule has 0 aromatic heterocycles. The van der Waals surface area contributed by atoms with Crippen molar-refractivity contribution in [3.8, 4) is 0 Å². The second-order valence-electron chi connectivity index (χ2n) is 5.07. The first kappa shape index (κ1) is 18.3. The molecule has 0 nitrogen and oxygen atoms in total. The highest BCUT2D eigenvalue weighted by Crippen LogP contribution is 2.43. The van der Waals surface area contributed by atoms with E-state index in [0.717, 1.165) is 5.33 Å². The molecule has 0 atom stereocenters. The number of alkyl halides is 1. The molecule has 0 heterocycles. The number of benzene rings is 3. The molecule has 3 heteroatoms. The molecule has 0 N–H and O–H groups in total. The van der Waals surface area contributed by atoms with Gasteiger partial charge in [-0.3, -0.25) is 0 Å². The van der Waals surface area contributed by atoms with E-state index in [2.05, 4.69) is 113 Å². The van der Waals surface area contributed by atoms with Gasteiger partial charge >= 0.3 is 0 Å². The Morgan fingerprint density at radius 1 is 0.609 bits per heavy atom. The lowest BCUT2D eigenvalue weighted by atomic mass is 10.4. The first-order valence-corrected chi connectivity index (χ1v) is 10.3. The molecule has 0 aliphatic carbocycles. The molecular weight excluding hydrogens is 431 g/mol. The summed E-state index contributed by atoms with van der Waals surface area (Å²) in [4.78, 5) is 0. The van der Waals surface area contributed by atoms with Gasteiger partial charge in [0.15, 0.2) is 0 Å². The van der Waals surface area contributed by atoms with E-state index in [1.54, 1.807) is 0 Å². The quantitative estimate of drug-likeness (QED) is 0.398. The van der Waals surface area contributed by atoms with Crippen molar-refractivity contribution < 1.29 is 0 Å². The molecule has 0 amide bonds. The average Bonchev–Trinajstić information content (AvgIpc) is 2.62. The Labute approximate surface area is 157 Å². The third-order valence-electron chi connectivity index (χ3n) is 3.83. The molecule has 0 radical (unpaired) electrons. The number of rotatable bonds is 4. The predicted molar refractivity (Wildman–Crippen MR) is 115 cm³/mol. The molecule has 23 heavy (non-hydrogen) atoms. The lowest BCUT2D eigenvalue weighted by Crippen LogP contribution is -2.27. The SMILES string of the molecule is Br.BrCC=P(c1ccccc1)(c1ccccc1)c1ccccc1. The Morgan fingerprint density at radius 3 is 1.17 bits per heavy atom. The highest BCUT2D eigenvalue weighted by Gasteiger charge is 2.23. The highest BCUT2D eigenvalue weighted by molar-refractivity contribution is 9.09. The fourth-order valence-electron chi connectivity index (χ4n) is 2.86. The van der Waals surface area contributed by atoms with E-state index in [1.165, 1.54) is 15.9 Å². The van der Waals surface area contributed by atoms with Crippen molar-refractivity contribution in [3.05, 3.63) is 91.0 Å². The van der Waals surface area contributed by atoms with Crippen molar-refractivity contribution >= 4 is 61.5 Å². The maximum Gasteiger partial charge on any atom is 0.0225 e. The van der Waals surface area contributed by atoms with Crippen LogP contribution in [0.4, 0.5) is 0 Å². The van der Waals surface area contributed by atoms with E-state index in [1.807, 2.05) is 0 Å². The predicted octanol–water partition coefficient (Wildman–Crippen LogP) is 4.76. The lowest BCUT2D eigenvalue weighted by molar-refractivity contribution is 1.73. The van der Waals surface area contributed by atoms with Crippen LogP contribution in [0.3, 0.4) is 0 Å². The van der Waals surface area contributed by atoms with Gasteiger partial charge in [0, 0.05) is 5.33 Å². The van der Waals surface area contributed by atoms with Crippen LogP contribution in [0.15, 0.2) is 91.0 Å². The normalized spacial score (nSPS) is 10.7. The van der Waals surface area contributed by atoms with Crippen LogP contribution >= 0.6 is 39.8 Å². The van der Waals surface area contributed by atoms with Crippen LogP contribution < -0.4 is 15.9 Å². The molecule has 0 aliphatic heterocycles. The maximum atomic E-state index is 3.65. The Hall–Kier alpha value is -1.08. The van der Waals surface area contributed by atoms with Crippen LogP contribution in [0, 0.1) is 0 Å². The molecule has 0 saturated carbocycles. The molecule has 0 unspecified atom stereocenters. The Kier molecular flexibility index (Phi) is 6.89. The summed E-state index contributed by atoms with van der Waals surface area (Å²) in [5, 5.41) is 5.06. The van der Waals surface area contributed by atoms with Gasteiger partial charge in [-0.2, -0.15) is 0 Å². The summed E-state index contributed by atoms with van der Waals surface area (Å²) >= 11 is 3.65. The van der Waals surface area contributed by atoms with Crippen molar-refractivity contribution in [2.75, 3.05) is 5.33 Å². The van der Waals surface area contributed by atoms with E-state index >= 15 is 0 Å². The van der Waals surface area contributed by atoms with Gasteiger partial charge < -0.3 is 0 Å². The summed E-state index contributed by atoms with van der Waals surface area (Å²) in [6, 6.07) is 32.6. The van der Waals surface area contributed by atoms with Crippen molar-refractivity contribution in [2.24, 2.45) is 0 Å². The second kappa shape index (κ2) is 8.68. The van der Waals surface area contributed by atoms with Crippen molar-refractivity contribution in [2.45, 2.75) is 0 Å². The van der Waals surface area contributed by atoms with Gasteiger partial charge in [0.25, 0.3) is 0 Å². The Bertz CT molecular complexity index is 665. The van der Waals surface area contributed by atoms with Crippen LogP contribution in [-0.2, 0) is 0 Å². The molecule has 0 saturated heterocycles. The minimum atomic E-state index is -1.73. The zero-order valence-electron chi connectivity index (χ0n) is 12.7. The fourth-order valence-corrected chi connectivity index (χ4v) is 7.82. The minimum Gasteiger partial charge on any atom is -0.114 e. The monoisotopic (exact) mass is 448 g/mol. The van der Waals surface area contributed by atoms with E-state index in [0.29, 0.717) is 0 Å². The molecule has 0 bridgehead atoms. The molecule has 3 aromatic carbocycles. The van der Waals surface area contributed by atoms with Gasteiger partial charge in [0.2, 0.25) is 0 Å². The number of hydrogen-bond acceptors (Lipinski definition) is 0. The van der Waals surface area contributed by atoms with Gasteiger partial charge in [-0.25, -0.2) is 0 Å². The third kappa shape index (κ3) is 3.71. The second-order valence-corrected chi connectivity index (χ2v) is 9.07. The first-order valence-electron chi connectivity index (χ1n) is 7.34. The standard InChI is InChI=1S/C20H18BrP.BrH/c21-16-17-22(18-10-4-1-5-11-18,19-12-6-2-7-13-19)20-14-8-3-9-15-20;/h1-15,17H,16H2;1H. The van der Waals surface area contributed by atoms with E-state index in [-0.39, 0.29) is 17.0 Å². The largest absolute Gasteiger partial charge is 0.114 e. The third-order valence-corrected chi connectivity index (χ3v) is 8.73. The van der Waals surface area contributed by atoms with Gasteiger partial charge in [-0.15, -0.1) is 17.0 Å². The average molecular weight is 450 g/mol. The molecular formula is C20H19Br2P. The molecule has 3 rings (SSSR count). The zero-order chi connectivity index (χ0) is 15.3. The highest BCUT2D eigenvalue weighted by atomic mass is 79.9. The smallest absolute Gasteiger partial charge is 0.0225 e. The maximum absolute atomic E-state index is 3.65. The number of hydrogen-bond donors (Lipinski definition) is 0. The summed E-state index contributed by atoms with van der Waals surface area (Å²) < 4.78 is 0. The summed E-state index contributed by atoms with van der Waals surface area (Å²) in [6.45, 7) is -1.73.